The van der Waals surface area contributed by atoms with Gasteiger partial charge in [0, 0.05) is 38.6 Å². The molecule has 1 aliphatic heterocycles. The Bertz CT molecular complexity index is 672. The van der Waals surface area contributed by atoms with Gasteiger partial charge in [-0.05, 0) is 39.2 Å². The van der Waals surface area contributed by atoms with Crippen molar-refractivity contribution in [2.75, 3.05) is 26.2 Å². The number of hydrogen-bond acceptors (Lipinski definition) is 4. The number of carbonyl (C=O) groups is 2. The maximum absolute atomic E-state index is 13.3. The lowest BCUT2D eigenvalue weighted by atomic mass is 10.0. The van der Waals surface area contributed by atoms with Gasteiger partial charge in [0.15, 0.2) is 0 Å². The molecule has 1 heterocycles. The molecule has 6 heteroatoms. The minimum Gasteiger partial charge on any atom is -0.444 e. The highest BCUT2D eigenvalue weighted by molar-refractivity contribution is 5.86. The Morgan fingerprint density at radius 1 is 1.07 bits per heavy atom. The molecular formula is C23H35N3O3. The highest BCUT2D eigenvalue weighted by atomic mass is 16.6. The Hall–Kier alpha value is -2.08. The summed E-state index contributed by atoms with van der Waals surface area (Å²) in [4.78, 5) is 30.1. The van der Waals surface area contributed by atoms with Gasteiger partial charge in [0.25, 0.3) is 0 Å². The number of benzene rings is 1. The van der Waals surface area contributed by atoms with Gasteiger partial charge in [-0.2, -0.15) is 0 Å². The maximum atomic E-state index is 13.3. The molecule has 1 saturated heterocycles. The molecule has 0 spiro atoms. The summed E-state index contributed by atoms with van der Waals surface area (Å²) in [7, 11) is 0. The van der Waals surface area contributed by atoms with Crippen molar-refractivity contribution in [3.8, 4) is 0 Å². The normalized spacial score (nSPS) is 19.8. The van der Waals surface area contributed by atoms with Gasteiger partial charge >= 0.3 is 6.09 Å². The Morgan fingerprint density at radius 3 is 2.28 bits per heavy atom. The second kappa shape index (κ2) is 9.61. The van der Waals surface area contributed by atoms with E-state index in [4.69, 9.17) is 4.74 Å². The summed E-state index contributed by atoms with van der Waals surface area (Å²) in [5, 5.41) is 2.82. The van der Waals surface area contributed by atoms with E-state index in [0.717, 1.165) is 31.7 Å². The lowest BCUT2D eigenvalue weighted by molar-refractivity contribution is -0.135. The van der Waals surface area contributed by atoms with Crippen molar-refractivity contribution < 1.29 is 14.3 Å². The first-order valence-corrected chi connectivity index (χ1v) is 10.9. The van der Waals surface area contributed by atoms with Crippen LogP contribution in [0.25, 0.3) is 0 Å². The summed E-state index contributed by atoms with van der Waals surface area (Å²) in [6, 6.07) is 9.88. The Kier molecular flexibility index (Phi) is 7.17. The summed E-state index contributed by atoms with van der Waals surface area (Å²) < 4.78 is 5.40. The second-order valence-electron chi connectivity index (χ2n) is 9.19. The van der Waals surface area contributed by atoms with Crippen LogP contribution in [0, 0.1) is 0 Å². The van der Waals surface area contributed by atoms with Crippen LogP contribution in [0.4, 0.5) is 4.79 Å². The van der Waals surface area contributed by atoms with Crippen molar-refractivity contribution in [1.82, 2.24) is 15.1 Å². The molecule has 1 aromatic rings. The molecule has 3 rings (SSSR count). The van der Waals surface area contributed by atoms with Crippen LogP contribution < -0.4 is 5.32 Å². The van der Waals surface area contributed by atoms with Crippen molar-refractivity contribution in [3.63, 3.8) is 0 Å². The summed E-state index contributed by atoms with van der Waals surface area (Å²) in [5.41, 5.74) is 0.420. The van der Waals surface area contributed by atoms with E-state index in [1.165, 1.54) is 25.7 Å². The highest BCUT2D eigenvalue weighted by Crippen LogP contribution is 2.24. The van der Waals surface area contributed by atoms with E-state index in [1.54, 1.807) is 0 Å². The number of ether oxygens (including phenoxy) is 1. The molecule has 1 unspecified atom stereocenters. The van der Waals surface area contributed by atoms with Crippen LogP contribution in [0.1, 0.15) is 52.0 Å². The zero-order chi connectivity index (χ0) is 20.9. The average Bonchev–Trinajstić information content (AvgIpc) is 3.21. The van der Waals surface area contributed by atoms with E-state index in [-0.39, 0.29) is 5.91 Å². The maximum Gasteiger partial charge on any atom is 0.408 e. The lowest BCUT2D eigenvalue weighted by Crippen LogP contribution is -2.57. The predicted molar refractivity (Wildman–Crippen MR) is 114 cm³/mol. The molecule has 1 aliphatic carbocycles. The zero-order valence-corrected chi connectivity index (χ0v) is 18.0. The minimum absolute atomic E-state index is 0.0224. The molecule has 29 heavy (non-hydrogen) atoms. The summed E-state index contributed by atoms with van der Waals surface area (Å²) >= 11 is 0. The van der Waals surface area contributed by atoms with Crippen LogP contribution in [0.3, 0.4) is 0 Å². The number of rotatable bonds is 5. The first-order chi connectivity index (χ1) is 13.8. The fraction of sp³-hybridized carbons (Fsp3) is 0.652. The smallest absolute Gasteiger partial charge is 0.408 e. The predicted octanol–water partition coefficient (Wildman–Crippen LogP) is 3.21. The van der Waals surface area contributed by atoms with Crippen LogP contribution in [-0.2, 0) is 16.0 Å². The zero-order valence-electron chi connectivity index (χ0n) is 18.0. The number of hydrogen-bond donors (Lipinski definition) is 1. The van der Waals surface area contributed by atoms with Crippen LogP contribution >= 0.6 is 0 Å². The first kappa shape index (κ1) is 21.6. The molecule has 1 N–H and O–H groups in total. The van der Waals surface area contributed by atoms with E-state index >= 15 is 0 Å². The summed E-state index contributed by atoms with van der Waals surface area (Å²) in [5.74, 6) is -0.0224. The van der Waals surface area contributed by atoms with Crippen molar-refractivity contribution in [3.05, 3.63) is 35.9 Å². The first-order valence-electron chi connectivity index (χ1n) is 10.9. The molecule has 1 saturated carbocycles. The Labute approximate surface area is 174 Å². The number of nitrogens with zero attached hydrogens (tertiary/aromatic N) is 2. The van der Waals surface area contributed by atoms with Gasteiger partial charge in [-0.15, -0.1) is 0 Å². The fourth-order valence-corrected chi connectivity index (χ4v) is 4.30. The molecule has 1 atom stereocenters. The van der Waals surface area contributed by atoms with Gasteiger partial charge < -0.3 is 15.0 Å². The van der Waals surface area contributed by atoms with Crippen molar-refractivity contribution in [2.45, 2.75) is 70.6 Å². The Balaban J connectivity index is 1.62. The third-order valence-electron chi connectivity index (χ3n) is 5.74. The van der Waals surface area contributed by atoms with Gasteiger partial charge in [0.1, 0.15) is 11.6 Å². The van der Waals surface area contributed by atoms with Crippen molar-refractivity contribution >= 4 is 12.0 Å². The number of amides is 2. The van der Waals surface area contributed by atoms with Gasteiger partial charge in [-0.1, -0.05) is 43.2 Å². The van der Waals surface area contributed by atoms with E-state index in [9.17, 15) is 9.59 Å². The fourth-order valence-electron chi connectivity index (χ4n) is 4.30. The number of alkyl carbamates (subject to hydrolysis) is 1. The van der Waals surface area contributed by atoms with Crippen molar-refractivity contribution in [1.29, 1.82) is 0 Å². The third-order valence-corrected chi connectivity index (χ3v) is 5.74. The molecule has 0 bridgehead atoms. The van der Waals surface area contributed by atoms with E-state index in [2.05, 4.69) is 10.2 Å². The van der Waals surface area contributed by atoms with Crippen LogP contribution in [0.2, 0.25) is 0 Å². The Morgan fingerprint density at radius 2 is 1.69 bits per heavy atom. The molecule has 0 radical (unpaired) electrons. The molecule has 0 aromatic heterocycles. The highest BCUT2D eigenvalue weighted by Gasteiger charge is 2.32. The number of piperazine rings is 1. The molecule has 2 fully saturated rings. The minimum atomic E-state index is -0.620. The number of carbonyl (C=O) groups excluding carboxylic acids is 2. The van der Waals surface area contributed by atoms with Crippen LogP contribution in [-0.4, -0.2) is 65.7 Å². The monoisotopic (exact) mass is 401 g/mol. The van der Waals surface area contributed by atoms with Crippen LogP contribution in [0.5, 0.6) is 0 Å². The van der Waals surface area contributed by atoms with E-state index < -0.39 is 17.7 Å². The van der Waals surface area contributed by atoms with Gasteiger partial charge in [0.2, 0.25) is 5.91 Å². The molecular weight excluding hydrogens is 366 g/mol. The quantitative estimate of drug-likeness (QED) is 0.823. The second-order valence-corrected chi connectivity index (χ2v) is 9.19. The molecule has 2 aliphatic rings. The van der Waals surface area contributed by atoms with E-state index in [0.29, 0.717) is 12.5 Å². The molecule has 1 aromatic carbocycles. The van der Waals surface area contributed by atoms with Crippen LogP contribution in [0.15, 0.2) is 30.3 Å². The topological polar surface area (TPSA) is 61.9 Å². The van der Waals surface area contributed by atoms with E-state index in [1.807, 2.05) is 56.0 Å². The summed E-state index contributed by atoms with van der Waals surface area (Å²) in [6.45, 7) is 8.74. The third kappa shape index (κ3) is 6.46. The molecule has 2 amide bonds. The average molecular weight is 402 g/mol. The summed E-state index contributed by atoms with van der Waals surface area (Å²) in [6.07, 6.45) is 5.12. The van der Waals surface area contributed by atoms with Gasteiger partial charge in [-0.25, -0.2) is 4.79 Å². The lowest BCUT2D eigenvalue weighted by Gasteiger charge is -2.39. The standard InChI is InChI=1S/C23H35N3O3/c1-23(2,3)29-22(28)24-20(17-18-9-5-4-6-10-18)21(27)26-15-13-25(14-16-26)19-11-7-8-12-19/h4-6,9-10,19-20H,7-8,11-17H2,1-3H3,(H,24,28). The SMILES string of the molecule is CC(C)(C)OC(=O)NC(Cc1ccccc1)C(=O)N1CCN(C2CCCC2)CC1. The molecule has 6 nitrogen and oxygen atoms in total. The number of nitrogens with one attached hydrogen (secondary N) is 1. The van der Waals surface area contributed by atoms with Gasteiger partial charge in [0.05, 0.1) is 0 Å². The van der Waals surface area contributed by atoms with Gasteiger partial charge in [-0.3, -0.25) is 9.69 Å². The van der Waals surface area contributed by atoms with Crippen molar-refractivity contribution in [2.24, 2.45) is 0 Å². The largest absolute Gasteiger partial charge is 0.444 e. The molecule has 160 valence electrons.